The molecule has 2 aromatic heterocycles. The zero-order chi connectivity index (χ0) is 13.9. The summed E-state index contributed by atoms with van der Waals surface area (Å²) in [6.07, 6.45) is 3.61. The normalized spacial score (nSPS) is 17.8. The Morgan fingerprint density at radius 3 is 3.10 bits per heavy atom. The zero-order valence-electron chi connectivity index (χ0n) is 11.7. The number of rotatable bonds is 4. The number of amides is 1. The SMILES string of the molecule is CNCC1CCCN1C(=O)c1cc(-c2ccco2)on1.Cl. The molecular formula is C14H18ClN3O3. The third-order valence-electron chi connectivity index (χ3n) is 3.57. The van der Waals surface area contributed by atoms with Crippen molar-refractivity contribution in [1.29, 1.82) is 0 Å². The van der Waals surface area contributed by atoms with Gasteiger partial charge in [0.1, 0.15) is 0 Å². The maximum atomic E-state index is 12.5. The Kier molecular flexibility index (Phi) is 5.03. The van der Waals surface area contributed by atoms with E-state index in [9.17, 15) is 4.79 Å². The van der Waals surface area contributed by atoms with E-state index in [4.69, 9.17) is 8.94 Å². The van der Waals surface area contributed by atoms with Crippen LogP contribution in [0.25, 0.3) is 11.5 Å². The third kappa shape index (κ3) is 3.11. The molecule has 21 heavy (non-hydrogen) atoms. The van der Waals surface area contributed by atoms with E-state index >= 15 is 0 Å². The van der Waals surface area contributed by atoms with Gasteiger partial charge in [-0.2, -0.15) is 0 Å². The van der Waals surface area contributed by atoms with Crippen molar-refractivity contribution in [3.63, 3.8) is 0 Å². The number of hydrogen-bond acceptors (Lipinski definition) is 5. The quantitative estimate of drug-likeness (QED) is 0.937. The van der Waals surface area contributed by atoms with Gasteiger partial charge in [0.25, 0.3) is 5.91 Å². The van der Waals surface area contributed by atoms with Crippen LogP contribution in [0.2, 0.25) is 0 Å². The third-order valence-corrected chi connectivity index (χ3v) is 3.57. The second-order valence-corrected chi connectivity index (χ2v) is 4.91. The van der Waals surface area contributed by atoms with Gasteiger partial charge in [0.05, 0.1) is 6.26 Å². The predicted octanol–water partition coefficient (Wildman–Crippen LogP) is 2.18. The van der Waals surface area contributed by atoms with Crippen LogP contribution in [0, 0.1) is 0 Å². The molecule has 1 aliphatic heterocycles. The molecule has 0 aliphatic carbocycles. The molecule has 3 rings (SSSR count). The number of nitrogens with zero attached hydrogens (tertiary/aromatic N) is 2. The van der Waals surface area contributed by atoms with E-state index in [1.54, 1.807) is 24.5 Å². The Labute approximate surface area is 128 Å². The standard InChI is InChI=1S/C14H17N3O3.ClH/c1-15-9-10-4-2-6-17(10)14(18)11-8-13(20-16-11)12-5-3-7-19-12;/h3,5,7-8,10,15H,2,4,6,9H2,1H3;1H. The molecule has 0 radical (unpaired) electrons. The number of likely N-dealkylation sites (N-methyl/N-ethyl adjacent to an activating group) is 1. The Balaban J connectivity index is 0.00000161. The Bertz CT molecular complexity index is 582. The van der Waals surface area contributed by atoms with Crippen molar-refractivity contribution in [3.8, 4) is 11.5 Å². The first-order chi connectivity index (χ1) is 9.79. The highest BCUT2D eigenvalue weighted by molar-refractivity contribution is 5.93. The first kappa shape index (κ1) is 15.6. The van der Waals surface area contributed by atoms with Gasteiger partial charge < -0.3 is 19.2 Å². The Morgan fingerprint density at radius 2 is 2.38 bits per heavy atom. The highest BCUT2D eigenvalue weighted by Crippen LogP contribution is 2.23. The number of halogens is 1. The summed E-state index contributed by atoms with van der Waals surface area (Å²) < 4.78 is 10.4. The average Bonchev–Trinajstić information content (AvgIpc) is 3.19. The molecule has 0 spiro atoms. The minimum absolute atomic E-state index is 0. The van der Waals surface area contributed by atoms with Gasteiger partial charge in [-0.05, 0) is 32.0 Å². The first-order valence-corrected chi connectivity index (χ1v) is 6.76. The molecule has 0 saturated carbocycles. The van der Waals surface area contributed by atoms with E-state index in [0.717, 1.165) is 25.9 Å². The molecule has 1 saturated heterocycles. The topological polar surface area (TPSA) is 71.5 Å². The average molecular weight is 312 g/mol. The van der Waals surface area contributed by atoms with Crippen LogP contribution in [0.15, 0.2) is 33.4 Å². The lowest BCUT2D eigenvalue weighted by Gasteiger charge is -2.23. The van der Waals surface area contributed by atoms with Gasteiger partial charge in [-0.3, -0.25) is 4.79 Å². The number of likely N-dealkylation sites (tertiary alicyclic amines) is 1. The second kappa shape index (κ2) is 6.78. The van der Waals surface area contributed by atoms with Crippen molar-refractivity contribution in [1.82, 2.24) is 15.4 Å². The molecule has 1 N–H and O–H groups in total. The molecular weight excluding hydrogens is 294 g/mol. The van der Waals surface area contributed by atoms with Gasteiger partial charge in [-0.15, -0.1) is 12.4 Å². The van der Waals surface area contributed by atoms with E-state index in [-0.39, 0.29) is 24.4 Å². The fourth-order valence-electron chi connectivity index (χ4n) is 2.61. The smallest absolute Gasteiger partial charge is 0.276 e. The van der Waals surface area contributed by atoms with E-state index in [1.807, 2.05) is 11.9 Å². The van der Waals surface area contributed by atoms with Crippen molar-refractivity contribution >= 4 is 18.3 Å². The molecule has 1 aliphatic rings. The van der Waals surface area contributed by atoms with Crippen LogP contribution >= 0.6 is 12.4 Å². The molecule has 1 fully saturated rings. The fourth-order valence-corrected chi connectivity index (χ4v) is 2.61. The molecule has 7 heteroatoms. The van der Waals surface area contributed by atoms with Gasteiger partial charge in [-0.1, -0.05) is 5.16 Å². The Morgan fingerprint density at radius 1 is 1.52 bits per heavy atom. The van der Waals surface area contributed by atoms with Crippen LogP contribution in [-0.2, 0) is 0 Å². The molecule has 114 valence electrons. The second-order valence-electron chi connectivity index (χ2n) is 4.91. The maximum Gasteiger partial charge on any atom is 0.276 e. The van der Waals surface area contributed by atoms with Crippen LogP contribution < -0.4 is 5.32 Å². The highest BCUT2D eigenvalue weighted by atomic mass is 35.5. The molecule has 1 atom stereocenters. The molecule has 3 heterocycles. The molecule has 0 aromatic carbocycles. The fraction of sp³-hybridized carbons (Fsp3) is 0.429. The summed E-state index contributed by atoms with van der Waals surface area (Å²) >= 11 is 0. The molecule has 2 aromatic rings. The van der Waals surface area contributed by atoms with Crippen LogP contribution in [0.5, 0.6) is 0 Å². The van der Waals surface area contributed by atoms with Crippen LogP contribution in [0.4, 0.5) is 0 Å². The number of aromatic nitrogens is 1. The molecule has 1 unspecified atom stereocenters. The molecule has 6 nitrogen and oxygen atoms in total. The van der Waals surface area contributed by atoms with Gasteiger partial charge in [0.2, 0.25) is 5.76 Å². The van der Waals surface area contributed by atoms with E-state index in [1.165, 1.54) is 0 Å². The van der Waals surface area contributed by atoms with Gasteiger partial charge in [-0.25, -0.2) is 0 Å². The van der Waals surface area contributed by atoms with E-state index in [2.05, 4.69) is 10.5 Å². The van der Waals surface area contributed by atoms with Crippen LogP contribution in [-0.4, -0.2) is 42.1 Å². The number of nitrogens with one attached hydrogen (secondary N) is 1. The largest absolute Gasteiger partial charge is 0.461 e. The first-order valence-electron chi connectivity index (χ1n) is 6.76. The van der Waals surface area contributed by atoms with Gasteiger partial charge in [0.15, 0.2) is 11.5 Å². The minimum Gasteiger partial charge on any atom is -0.461 e. The van der Waals surface area contributed by atoms with E-state index < -0.39 is 0 Å². The highest BCUT2D eigenvalue weighted by Gasteiger charge is 2.30. The summed E-state index contributed by atoms with van der Waals surface area (Å²) in [5.41, 5.74) is 0.333. The maximum absolute atomic E-state index is 12.5. The summed E-state index contributed by atoms with van der Waals surface area (Å²) in [4.78, 5) is 14.3. The summed E-state index contributed by atoms with van der Waals surface area (Å²) in [7, 11) is 1.89. The van der Waals surface area contributed by atoms with Crippen molar-refractivity contribution in [2.75, 3.05) is 20.1 Å². The zero-order valence-corrected chi connectivity index (χ0v) is 12.6. The summed E-state index contributed by atoms with van der Waals surface area (Å²) in [5, 5.41) is 6.99. The minimum atomic E-state index is -0.0793. The van der Waals surface area contributed by atoms with Crippen LogP contribution in [0.3, 0.4) is 0 Å². The van der Waals surface area contributed by atoms with Crippen molar-refractivity contribution in [2.24, 2.45) is 0 Å². The number of carbonyl (C=O) groups excluding carboxylic acids is 1. The lowest BCUT2D eigenvalue weighted by molar-refractivity contribution is 0.0726. The van der Waals surface area contributed by atoms with Crippen molar-refractivity contribution < 1.29 is 13.7 Å². The lowest BCUT2D eigenvalue weighted by Crippen LogP contribution is -2.40. The monoisotopic (exact) mass is 311 g/mol. The van der Waals surface area contributed by atoms with E-state index in [0.29, 0.717) is 17.2 Å². The number of hydrogen-bond donors (Lipinski definition) is 1. The van der Waals surface area contributed by atoms with Gasteiger partial charge >= 0.3 is 0 Å². The van der Waals surface area contributed by atoms with Gasteiger partial charge in [0, 0.05) is 25.2 Å². The molecule has 1 amide bonds. The number of carbonyl (C=O) groups is 1. The summed E-state index contributed by atoms with van der Waals surface area (Å²) in [5.74, 6) is 0.969. The number of furan rings is 1. The van der Waals surface area contributed by atoms with Crippen LogP contribution in [0.1, 0.15) is 23.3 Å². The van der Waals surface area contributed by atoms with Crippen molar-refractivity contribution in [3.05, 3.63) is 30.2 Å². The summed E-state index contributed by atoms with van der Waals surface area (Å²) in [6.45, 7) is 1.57. The Hall–Kier alpha value is -1.79. The summed E-state index contributed by atoms with van der Waals surface area (Å²) in [6, 6.07) is 5.41. The lowest BCUT2D eigenvalue weighted by atomic mass is 10.2. The van der Waals surface area contributed by atoms with Crippen molar-refractivity contribution in [2.45, 2.75) is 18.9 Å². The predicted molar refractivity (Wildman–Crippen MR) is 79.4 cm³/mol. The molecule has 0 bridgehead atoms.